The van der Waals surface area contributed by atoms with Crippen LogP contribution < -0.4 is 10.9 Å². The van der Waals surface area contributed by atoms with Crippen LogP contribution in [0.1, 0.15) is 38.2 Å². The predicted octanol–water partition coefficient (Wildman–Crippen LogP) is 2.53. The number of carbonyl (C=O) groups is 1. The van der Waals surface area contributed by atoms with E-state index in [0.29, 0.717) is 5.56 Å². The molecule has 132 valence electrons. The van der Waals surface area contributed by atoms with Crippen molar-refractivity contribution >= 4 is 16.8 Å². The monoisotopic (exact) mass is 340 g/mol. The lowest BCUT2D eigenvalue weighted by atomic mass is 9.51. The highest BCUT2D eigenvalue weighted by Crippen LogP contribution is 2.57. The second-order valence-electron chi connectivity index (χ2n) is 7.27. The fraction of sp³-hybridized carbons (Fsp3) is 0.500. The molecule has 1 aromatic heterocycles. The molecule has 0 saturated heterocycles. The summed E-state index contributed by atoms with van der Waals surface area (Å²) in [6, 6.07) is 9.61. The summed E-state index contributed by atoms with van der Waals surface area (Å²) >= 11 is 0. The van der Waals surface area contributed by atoms with Gasteiger partial charge in [0.05, 0.1) is 12.5 Å². The molecule has 0 aliphatic heterocycles. The Balaban J connectivity index is 1.45. The van der Waals surface area contributed by atoms with E-state index in [1.54, 1.807) is 0 Å². The van der Waals surface area contributed by atoms with Crippen LogP contribution in [0.25, 0.3) is 10.9 Å². The number of aromatic amines is 1. The maximum atomic E-state index is 12.5. The predicted molar refractivity (Wildman–Crippen MR) is 96.5 cm³/mol. The van der Waals surface area contributed by atoms with Gasteiger partial charge in [0, 0.05) is 29.1 Å². The highest BCUT2D eigenvalue weighted by molar-refractivity contribution is 5.82. The van der Waals surface area contributed by atoms with Gasteiger partial charge < -0.3 is 15.0 Å². The highest BCUT2D eigenvalue weighted by Gasteiger charge is 2.59. The minimum Gasteiger partial charge on any atom is -0.378 e. The van der Waals surface area contributed by atoms with Crippen molar-refractivity contribution in [1.82, 2.24) is 10.3 Å². The third-order valence-electron chi connectivity index (χ3n) is 5.95. The lowest BCUT2D eigenvalue weighted by molar-refractivity contribution is -0.175. The van der Waals surface area contributed by atoms with E-state index in [0.717, 1.165) is 36.8 Å². The van der Waals surface area contributed by atoms with Crippen molar-refractivity contribution in [3.05, 3.63) is 46.2 Å². The molecule has 2 N–H and O–H groups in total. The van der Waals surface area contributed by atoms with Crippen LogP contribution in [0.2, 0.25) is 0 Å². The molecule has 1 aromatic carbocycles. The molecule has 2 aromatic rings. The lowest BCUT2D eigenvalue weighted by Crippen LogP contribution is -2.67. The van der Waals surface area contributed by atoms with Crippen molar-refractivity contribution in [3.8, 4) is 0 Å². The van der Waals surface area contributed by atoms with Gasteiger partial charge in [-0.3, -0.25) is 9.59 Å². The van der Waals surface area contributed by atoms with Crippen LogP contribution in [0.3, 0.4) is 0 Å². The van der Waals surface area contributed by atoms with Crippen molar-refractivity contribution in [2.75, 3.05) is 6.61 Å². The van der Waals surface area contributed by atoms with Crippen LogP contribution in [-0.2, 0) is 16.0 Å². The number of fused-ring (bicyclic) bond motifs is 1. The number of hydrogen-bond donors (Lipinski definition) is 2. The van der Waals surface area contributed by atoms with Crippen LogP contribution in [0, 0.1) is 5.41 Å². The number of pyridine rings is 1. The Morgan fingerprint density at radius 3 is 2.88 bits per heavy atom. The van der Waals surface area contributed by atoms with E-state index in [4.69, 9.17) is 4.74 Å². The molecule has 5 heteroatoms. The minimum atomic E-state index is -0.187. The molecule has 2 aliphatic rings. The topological polar surface area (TPSA) is 71.2 Å². The second-order valence-corrected chi connectivity index (χ2v) is 7.27. The first-order chi connectivity index (χ1) is 12.1. The molecule has 0 unspecified atom stereocenters. The molecule has 2 fully saturated rings. The number of rotatable bonds is 5. The van der Waals surface area contributed by atoms with Crippen LogP contribution in [-0.4, -0.2) is 29.6 Å². The normalized spacial score (nSPS) is 23.9. The van der Waals surface area contributed by atoms with E-state index < -0.39 is 0 Å². The molecule has 4 rings (SSSR count). The number of hydrogen-bond acceptors (Lipinski definition) is 3. The van der Waals surface area contributed by atoms with Gasteiger partial charge in [-0.15, -0.1) is 0 Å². The molecule has 0 bridgehead atoms. The number of carbonyl (C=O) groups excluding carboxylic acids is 1. The van der Waals surface area contributed by atoms with Gasteiger partial charge in [0.1, 0.15) is 0 Å². The Bertz CT molecular complexity index is 853. The fourth-order valence-electron chi connectivity index (χ4n) is 4.38. The zero-order valence-corrected chi connectivity index (χ0v) is 14.5. The number of para-hydroxylation sites is 1. The van der Waals surface area contributed by atoms with Gasteiger partial charge in [0.15, 0.2) is 0 Å². The van der Waals surface area contributed by atoms with E-state index in [2.05, 4.69) is 10.3 Å². The molecule has 5 nitrogen and oxygen atoms in total. The fourth-order valence-corrected chi connectivity index (χ4v) is 4.38. The van der Waals surface area contributed by atoms with Gasteiger partial charge >= 0.3 is 0 Å². The minimum absolute atomic E-state index is 0.0768. The van der Waals surface area contributed by atoms with E-state index >= 15 is 0 Å². The van der Waals surface area contributed by atoms with Crippen LogP contribution in [0.5, 0.6) is 0 Å². The van der Waals surface area contributed by atoms with Crippen molar-refractivity contribution in [1.29, 1.82) is 0 Å². The first-order valence-corrected chi connectivity index (χ1v) is 9.14. The summed E-state index contributed by atoms with van der Waals surface area (Å²) in [6.07, 6.45) is 4.74. The number of H-pyrrole nitrogens is 1. The van der Waals surface area contributed by atoms with Crippen molar-refractivity contribution in [3.63, 3.8) is 0 Å². The molecule has 2 atom stereocenters. The first-order valence-electron chi connectivity index (χ1n) is 9.14. The van der Waals surface area contributed by atoms with E-state index in [-0.39, 0.29) is 35.4 Å². The standard InChI is InChI=1S/C20H24N2O3/c1-2-25-17-12-16(20(17)8-5-9-20)22-18(23)11-14-10-13-6-3-4-7-15(13)21-19(14)24/h3-4,6-7,10,16-17H,2,5,8-9,11-12H2,1H3,(H,21,24)(H,22,23)/t16-,17-/m1/s1. The first kappa shape index (κ1) is 16.3. The quantitative estimate of drug-likeness (QED) is 0.879. The second kappa shape index (κ2) is 6.30. The largest absolute Gasteiger partial charge is 0.378 e. The van der Waals surface area contributed by atoms with Crippen LogP contribution in [0.4, 0.5) is 0 Å². The van der Waals surface area contributed by atoms with Gasteiger partial charge in [-0.25, -0.2) is 0 Å². The molecule has 1 spiro atoms. The number of nitrogens with one attached hydrogen (secondary N) is 2. The average Bonchev–Trinajstić information content (AvgIpc) is 2.53. The maximum absolute atomic E-state index is 12.5. The number of benzene rings is 1. The number of ether oxygens (including phenoxy) is 1. The summed E-state index contributed by atoms with van der Waals surface area (Å²) in [5, 5.41) is 4.09. The van der Waals surface area contributed by atoms with Crippen LogP contribution in [0.15, 0.2) is 35.1 Å². The summed E-state index contributed by atoms with van der Waals surface area (Å²) in [5.41, 5.74) is 1.26. The van der Waals surface area contributed by atoms with Gasteiger partial charge in [-0.1, -0.05) is 24.6 Å². The zero-order valence-electron chi connectivity index (χ0n) is 14.5. The van der Waals surface area contributed by atoms with Gasteiger partial charge in [-0.05, 0) is 43.7 Å². The van der Waals surface area contributed by atoms with E-state index in [9.17, 15) is 9.59 Å². The highest BCUT2D eigenvalue weighted by atomic mass is 16.5. The summed E-state index contributed by atoms with van der Waals surface area (Å²) in [6.45, 7) is 2.74. The molecule has 2 saturated carbocycles. The van der Waals surface area contributed by atoms with E-state index in [1.165, 1.54) is 6.42 Å². The molecule has 2 aliphatic carbocycles. The molecule has 1 amide bonds. The summed E-state index contributed by atoms with van der Waals surface area (Å²) in [5.74, 6) is -0.0768. The number of amides is 1. The Morgan fingerprint density at radius 2 is 2.16 bits per heavy atom. The Hall–Kier alpha value is -2.14. The average molecular weight is 340 g/mol. The summed E-state index contributed by atoms with van der Waals surface area (Å²) in [7, 11) is 0. The Labute approximate surface area is 146 Å². The third-order valence-corrected chi connectivity index (χ3v) is 5.95. The van der Waals surface area contributed by atoms with Gasteiger partial charge in [0.2, 0.25) is 5.91 Å². The van der Waals surface area contributed by atoms with Gasteiger partial charge in [-0.2, -0.15) is 0 Å². The van der Waals surface area contributed by atoms with Gasteiger partial charge in [0.25, 0.3) is 5.56 Å². The lowest BCUT2D eigenvalue weighted by Gasteiger charge is -2.61. The SMILES string of the molecule is CCO[C@@H]1C[C@@H](NC(=O)Cc2cc3ccccc3[nH]c2=O)C12CCC2. The smallest absolute Gasteiger partial charge is 0.252 e. The van der Waals surface area contributed by atoms with Crippen molar-refractivity contribution in [2.24, 2.45) is 5.41 Å². The molecular formula is C20H24N2O3. The maximum Gasteiger partial charge on any atom is 0.252 e. The summed E-state index contributed by atoms with van der Waals surface area (Å²) < 4.78 is 5.83. The van der Waals surface area contributed by atoms with Crippen LogP contribution >= 0.6 is 0 Å². The molecular weight excluding hydrogens is 316 g/mol. The molecule has 25 heavy (non-hydrogen) atoms. The van der Waals surface area contributed by atoms with E-state index in [1.807, 2.05) is 37.3 Å². The van der Waals surface area contributed by atoms with Crippen molar-refractivity contribution < 1.29 is 9.53 Å². The summed E-state index contributed by atoms with van der Waals surface area (Å²) in [4.78, 5) is 27.6. The van der Waals surface area contributed by atoms with Crippen molar-refractivity contribution in [2.45, 2.75) is 51.2 Å². The molecule has 0 radical (unpaired) electrons. The third kappa shape index (κ3) is 2.76. The Morgan fingerprint density at radius 1 is 1.36 bits per heavy atom. The Kier molecular flexibility index (Phi) is 4.12. The molecule has 1 heterocycles. The number of aromatic nitrogens is 1. The zero-order chi connectivity index (χ0) is 17.4.